The lowest BCUT2D eigenvalue weighted by Gasteiger charge is -2.29. The molecule has 76 valence electrons. The van der Waals surface area contributed by atoms with E-state index in [4.69, 9.17) is 5.11 Å². The van der Waals surface area contributed by atoms with Crippen LogP contribution >= 0.6 is 0 Å². The Hall–Kier alpha value is -0.570. The highest BCUT2D eigenvalue weighted by atomic mass is 16.4. The largest absolute Gasteiger partial charge is 0.481 e. The zero-order chi connectivity index (χ0) is 9.90. The third-order valence-electron chi connectivity index (χ3n) is 2.78. The molecule has 0 aromatic heterocycles. The van der Waals surface area contributed by atoms with E-state index >= 15 is 0 Å². The standard InChI is InChI=1S/C10H19NO2/c1-8(7-9(12)13)11-10(2)5-3-4-6-10/h8,11H,3-7H2,1-2H3,(H,12,13). The highest BCUT2D eigenvalue weighted by Crippen LogP contribution is 2.29. The molecule has 1 rings (SSSR count). The van der Waals surface area contributed by atoms with Crippen LogP contribution in [-0.4, -0.2) is 22.7 Å². The fraction of sp³-hybridized carbons (Fsp3) is 0.900. The van der Waals surface area contributed by atoms with E-state index < -0.39 is 5.97 Å². The molecule has 1 aliphatic carbocycles. The van der Waals surface area contributed by atoms with Crippen molar-refractivity contribution >= 4 is 5.97 Å². The van der Waals surface area contributed by atoms with Crippen LogP contribution in [0.3, 0.4) is 0 Å². The van der Waals surface area contributed by atoms with Gasteiger partial charge in [0.1, 0.15) is 0 Å². The Balaban J connectivity index is 2.33. The van der Waals surface area contributed by atoms with Crippen molar-refractivity contribution in [2.75, 3.05) is 0 Å². The van der Waals surface area contributed by atoms with E-state index in [9.17, 15) is 4.79 Å². The van der Waals surface area contributed by atoms with Crippen LogP contribution in [0.5, 0.6) is 0 Å². The van der Waals surface area contributed by atoms with Gasteiger partial charge in [0.15, 0.2) is 0 Å². The van der Waals surface area contributed by atoms with Crippen LogP contribution in [0, 0.1) is 0 Å². The fourth-order valence-corrected chi connectivity index (χ4v) is 2.21. The summed E-state index contributed by atoms with van der Waals surface area (Å²) in [6.45, 7) is 4.13. The lowest BCUT2D eigenvalue weighted by Crippen LogP contribution is -2.45. The summed E-state index contributed by atoms with van der Waals surface area (Å²) in [6, 6.07) is 0.0839. The summed E-state index contributed by atoms with van der Waals surface area (Å²) in [5.74, 6) is -0.721. The predicted molar refractivity (Wildman–Crippen MR) is 51.7 cm³/mol. The maximum atomic E-state index is 10.4. The van der Waals surface area contributed by atoms with Crippen LogP contribution in [0.4, 0.5) is 0 Å². The van der Waals surface area contributed by atoms with Gasteiger partial charge in [-0.3, -0.25) is 4.79 Å². The van der Waals surface area contributed by atoms with Crippen molar-refractivity contribution in [2.45, 2.75) is 57.5 Å². The van der Waals surface area contributed by atoms with Crippen LogP contribution < -0.4 is 5.32 Å². The number of carboxylic acids is 1. The molecule has 0 spiro atoms. The molecule has 1 unspecified atom stereocenters. The van der Waals surface area contributed by atoms with Gasteiger partial charge in [0.2, 0.25) is 0 Å². The number of rotatable bonds is 4. The third-order valence-corrected chi connectivity index (χ3v) is 2.78. The number of hydrogen-bond acceptors (Lipinski definition) is 2. The zero-order valence-corrected chi connectivity index (χ0v) is 8.47. The minimum atomic E-state index is -0.721. The minimum absolute atomic E-state index is 0.0839. The van der Waals surface area contributed by atoms with Crippen molar-refractivity contribution in [3.8, 4) is 0 Å². The number of carbonyl (C=O) groups is 1. The van der Waals surface area contributed by atoms with E-state index in [0.29, 0.717) is 0 Å². The van der Waals surface area contributed by atoms with E-state index in [1.807, 2.05) is 6.92 Å². The molecule has 0 saturated heterocycles. The third kappa shape index (κ3) is 3.35. The molecule has 1 aliphatic rings. The van der Waals surface area contributed by atoms with Crippen molar-refractivity contribution in [2.24, 2.45) is 0 Å². The molecule has 3 heteroatoms. The molecule has 0 aromatic carbocycles. The second kappa shape index (κ2) is 4.09. The highest BCUT2D eigenvalue weighted by molar-refractivity contribution is 5.67. The molecule has 13 heavy (non-hydrogen) atoms. The molecule has 1 saturated carbocycles. The Morgan fingerprint density at radius 3 is 2.54 bits per heavy atom. The van der Waals surface area contributed by atoms with E-state index in [1.165, 1.54) is 25.7 Å². The average Bonchev–Trinajstić information content (AvgIpc) is 2.33. The predicted octanol–water partition coefficient (Wildman–Crippen LogP) is 1.77. The van der Waals surface area contributed by atoms with E-state index in [-0.39, 0.29) is 18.0 Å². The second-order valence-corrected chi connectivity index (χ2v) is 4.41. The van der Waals surface area contributed by atoms with E-state index in [0.717, 1.165) is 0 Å². The normalized spacial score (nSPS) is 22.9. The number of nitrogens with one attached hydrogen (secondary N) is 1. The monoisotopic (exact) mass is 185 g/mol. The number of carboxylic acid groups (broad SMARTS) is 1. The van der Waals surface area contributed by atoms with Gasteiger partial charge in [-0.2, -0.15) is 0 Å². The van der Waals surface area contributed by atoms with Crippen LogP contribution in [0.2, 0.25) is 0 Å². The van der Waals surface area contributed by atoms with Crippen LogP contribution in [0.15, 0.2) is 0 Å². The lowest BCUT2D eigenvalue weighted by atomic mass is 9.99. The van der Waals surface area contributed by atoms with E-state index in [2.05, 4.69) is 12.2 Å². The minimum Gasteiger partial charge on any atom is -0.481 e. The van der Waals surface area contributed by atoms with Gasteiger partial charge in [0.05, 0.1) is 6.42 Å². The second-order valence-electron chi connectivity index (χ2n) is 4.41. The Labute approximate surface area is 79.5 Å². The van der Waals surface area contributed by atoms with Gasteiger partial charge in [0.25, 0.3) is 0 Å². The van der Waals surface area contributed by atoms with Crippen molar-refractivity contribution in [1.82, 2.24) is 5.32 Å². The van der Waals surface area contributed by atoms with Crippen molar-refractivity contribution in [1.29, 1.82) is 0 Å². The molecule has 0 aromatic rings. The summed E-state index contributed by atoms with van der Waals surface area (Å²) in [4.78, 5) is 10.4. The maximum Gasteiger partial charge on any atom is 0.304 e. The van der Waals surface area contributed by atoms with Gasteiger partial charge in [-0.15, -0.1) is 0 Å². The first-order chi connectivity index (χ1) is 6.02. The summed E-state index contributed by atoms with van der Waals surface area (Å²) in [6.07, 6.45) is 5.11. The molecule has 0 heterocycles. The van der Waals surface area contributed by atoms with Gasteiger partial charge in [-0.1, -0.05) is 12.8 Å². The van der Waals surface area contributed by atoms with Crippen molar-refractivity contribution < 1.29 is 9.90 Å². The van der Waals surface area contributed by atoms with Gasteiger partial charge < -0.3 is 10.4 Å². The van der Waals surface area contributed by atoms with Gasteiger partial charge in [-0.25, -0.2) is 0 Å². The van der Waals surface area contributed by atoms with Gasteiger partial charge >= 0.3 is 5.97 Å². The summed E-state index contributed by atoms with van der Waals surface area (Å²) in [5.41, 5.74) is 0.189. The topological polar surface area (TPSA) is 49.3 Å². The molecule has 1 fully saturated rings. The molecule has 0 bridgehead atoms. The number of aliphatic carboxylic acids is 1. The first-order valence-corrected chi connectivity index (χ1v) is 5.01. The van der Waals surface area contributed by atoms with Crippen LogP contribution in [-0.2, 0) is 4.79 Å². The van der Waals surface area contributed by atoms with Gasteiger partial charge in [-0.05, 0) is 26.7 Å². The van der Waals surface area contributed by atoms with Crippen molar-refractivity contribution in [3.63, 3.8) is 0 Å². The Bertz CT molecular complexity index is 185. The molecule has 2 N–H and O–H groups in total. The summed E-state index contributed by atoms with van der Waals surface area (Å²) >= 11 is 0. The number of hydrogen-bond donors (Lipinski definition) is 2. The Kier molecular flexibility index (Phi) is 3.31. The summed E-state index contributed by atoms with van der Waals surface area (Å²) < 4.78 is 0. The van der Waals surface area contributed by atoms with Gasteiger partial charge in [0, 0.05) is 11.6 Å². The molecule has 0 amide bonds. The van der Waals surface area contributed by atoms with Crippen molar-refractivity contribution in [3.05, 3.63) is 0 Å². The Morgan fingerprint density at radius 1 is 1.54 bits per heavy atom. The molecule has 3 nitrogen and oxygen atoms in total. The summed E-state index contributed by atoms with van der Waals surface area (Å²) in [7, 11) is 0. The molecule has 0 aliphatic heterocycles. The fourth-order valence-electron chi connectivity index (χ4n) is 2.21. The average molecular weight is 185 g/mol. The van der Waals surface area contributed by atoms with Crippen LogP contribution in [0.1, 0.15) is 46.0 Å². The summed E-state index contributed by atoms with van der Waals surface area (Å²) in [5, 5.41) is 12.0. The highest BCUT2D eigenvalue weighted by Gasteiger charge is 2.29. The molecule has 1 atom stereocenters. The lowest BCUT2D eigenvalue weighted by molar-refractivity contribution is -0.137. The first-order valence-electron chi connectivity index (χ1n) is 5.01. The first kappa shape index (κ1) is 10.5. The molecule has 0 radical (unpaired) electrons. The smallest absolute Gasteiger partial charge is 0.304 e. The van der Waals surface area contributed by atoms with E-state index in [1.54, 1.807) is 0 Å². The SMILES string of the molecule is CC(CC(=O)O)NC1(C)CCCC1. The Morgan fingerprint density at radius 2 is 2.08 bits per heavy atom. The zero-order valence-electron chi connectivity index (χ0n) is 8.47. The molecular formula is C10H19NO2. The maximum absolute atomic E-state index is 10.4. The quantitative estimate of drug-likeness (QED) is 0.701. The molecular weight excluding hydrogens is 166 g/mol. The van der Waals surface area contributed by atoms with Crippen LogP contribution in [0.25, 0.3) is 0 Å².